The molecule has 1 rings (SSSR count). The summed E-state index contributed by atoms with van der Waals surface area (Å²) in [6, 6.07) is 10.0. The third-order valence-electron chi connectivity index (χ3n) is 2.31. The van der Waals surface area contributed by atoms with Gasteiger partial charge in [-0.2, -0.15) is 5.26 Å². The van der Waals surface area contributed by atoms with Crippen molar-refractivity contribution < 1.29 is 4.74 Å². The third-order valence-corrected chi connectivity index (χ3v) is 2.31. The van der Waals surface area contributed by atoms with Crippen LogP contribution in [0.15, 0.2) is 24.3 Å². The van der Waals surface area contributed by atoms with E-state index in [0.717, 1.165) is 11.3 Å². The van der Waals surface area contributed by atoms with E-state index in [1.165, 1.54) is 0 Å². The predicted octanol–water partition coefficient (Wildman–Crippen LogP) is 2.26. The van der Waals surface area contributed by atoms with Crippen LogP contribution in [0.4, 0.5) is 0 Å². The van der Waals surface area contributed by atoms with Crippen LogP contribution in [0, 0.1) is 11.3 Å². The number of nitrogens with zero attached hydrogens (tertiary/aromatic N) is 1. The molecule has 3 heteroatoms. The fourth-order valence-corrected chi connectivity index (χ4v) is 1.40. The Morgan fingerprint density at radius 1 is 1.27 bits per heavy atom. The summed E-state index contributed by atoms with van der Waals surface area (Å²) >= 11 is 0. The zero-order valence-corrected chi connectivity index (χ0v) is 9.32. The zero-order chi connectivity index (χ0) is 11.3. The zero-order valence-electron chi connectivity index (χ0n) is 9.32. The monoisotopic (exact) mass is 204 g/mol. The van der Waals surface area contributed by atoms with Crippen molar-refractivity contribution in [3.8, 4) is 11.8 Å². The molecular formula is C12H16N2O. The van der Waals surface area contributed by atoms with E-state index in [0.29, 0.717) is 0 Å². The van der Waals surface area contributed by atoms with Crippen LogP contribution in [0.5, 0.6) is 5.75 Å². The molecule has 1 aromatic carbocycles. The molecule has 0 spiro atoms. The van der Waals surface area contributed by atoms with Gasteiger partial charge < -0.3 is 4.74 Å². The van der Waals surface area contributed by atoms with Crippen LogP contribution in [0.2, 0.25) is 0 Å². The summed E-state index contributed by atoms with van der Waals surface area (Å²) < 4.78 is 5.08. The van der Waals surface area contributed by atoms with Crippen LogP contribution in [-0.4, -0.2) is 13.2 Å². The van der Waals surface area contributed by atoms with Crippen molar-refractivity contribution in [2.45, 2.75) is 25.9 Å². The molecule has 3 nitrogen and oxygen atoms in total. The summed E-state index contributed by atoms with van der Waals surface area (Å²) in [6.45, 7) is 3.88. The Kier molecular flexibility index (Phi) is 4.14. The number of nitriles is 1. The normalized spacial score (nSPS) is 14.0. The second-order valence-electron chi connectivity index (χ2n) is 3.51. The van der Waals surface area contributed by atoms with Crippen molar-refractivity contribution in [2.75, 3.05) is 7.11 Å². The quantitative estimate of drug-likeness (QED) is 0.818. The van der Waals surface area contributed by atoms with Gasteiger partial charge in [0.2, 0.25) is 0 Å². The van der Waals surface area contributed by atoms with Gasteiger partial charge in [0, 0.05) is 6.04 Å². The Balaban J connectivity index is 2.66. The second-order valence-corrected chi connectivity index (χ2v) is 3.51. The molecule has 0 saturated carbocycles. The van der Waals surface area contributed by atoms with E-state index in [4.69, 9.17) is 10.00 Å². The molecule has 0 aliphatic rings. The van der Waals surface area contributed by atoms with E-state index in [1.54, 1.807) is 7.11 Å². The standard InChI is InChI=1S/C12H16N2O/c1-9(8-13)14-10(2)11-4-6-12(15-3)7-5-11/h4-7,9-10,14H,1-3H3. The fourth-order valence-electron chi connectivity index (χ4n) is 1.40. The van der Waals surface area contributed by atoms with Crippen LogP contribution in [-0.2, 0) is 0 Å². The molecule has 0 radical (unpaired) electrons. The highest BCUT2D eigenvalue weighted by Gasteiger charge is 2.08. The molecule has 1 aromatic rings. The topological polar surface area (TPSA) is 45.0 Å². The van der Waals surface area contributed by atoms with Crippen molar-refractivity contribution >= 4 is 0 Å². The van der Waals surface area contributed by atoms with E-state index >= 15 is 0 Å². The summed E-state index contributed by atoms with van der Waals surface area (Å²) in [7, 11) is 1.65. The van der Waals surface area contributed by atoms with Crippen molar-refractivity contribution in [2.24, 2.45) is 0 Å². The molecule has 15 heavy (non-hydrogen) atoms. The number of methoxy groups -OCH3 is 1. The Labute approximate surface area is 90.7 Å². The Morgan fingerprint density at radius 2 is 1.87 bits per heavy atom. The highest BCUT2D eigenvalue weighted by molar-refractivity contribution is 5.28. The van der Waals surface area contributed by atoms with Crippen molar-refractivity contribution in [1.82, 2.24) is 5.32 Å². The number of hydrogen-bond acceptors (Lipinski definition) is 3. The first kappa shape index (κ1) is 11.5. The minimum absolute atomic E-state index is 0.137. The molecule has 0 aliphatic carbocycles. The van der Waals surface area contributed by atoms with Crippen LogP contribution in [0.25, 0.3) is 0 Å². The maximum atomic E-state index is 8.68. The van der Waals surface area contributed by atoms with Gasteiger partial charge >= 0.3 is 0 Å². The van der Waals surface area contributed by atoms with E-state index < -0.39 is 0 Å². The van der Waals surface area contributed by atoms with Gasteiger partial charge in [-0.25, -0.2) is 0 Å². The van der Waals surface area contributed by atoms with E-state index in [9.17, 15) is 0 Å². The number of rotatable bonds is 4. The summed E-state index contributed by atoms with van der Waals surface area (Å²) in [5, 5.41) is 11.9. The number of hydrogen-bond donors (Lipinski definition) is 1. The molecule has 2 unspecified atom stereocenters. The van der Waals surface area contributed by atoms with Gasteiger partial charge in [-0.1, -0.05) is 12.1 Å². The van der Waals surface area contributed by atoms with Gasteiger partial charge in [-0.05, 0) is 31.5 Å². The minimum atomic E-state index is -0.137. The largest absolute Gasteiger partial charge is 0.497 e. The molecule has 0 heterocycles. The van der Waals surface area contributed by atoms with Crippen LogP contribution in [0.1, 0.15) is 25.5 Å². The van der Waals surface area contributed by atoms with Gasteiger partial charge in [-0.15, -0.1) is 0 Å². The number of nitrogens with one attached hydrogen (secondary N) is 1. The van der Waals surface area contributed by atoms with Gasteiger partial charge in [0.25, 0.3) is 0 Å². The summed E-state index contributed by atoms with van der Waals surface area (Å²) in [5.74, 6) is 0.847. The third kappa shape index (κ3) is 3.26. The first-order valence-electron chi connectivity index (χ1n) is 4.97. The van der Waals surface area contributed by atoms with Gasteiger partial charge in [0.1, 0.15) is 5.75 Å². The first-order chi connectivity index (χ1) is 7.17. The Hall–Kier alpha value is -1.53. The SMILES string of the molecule is COc1ccc(C(C)NC(C)C#N)cc1. The highest BCUT2D eigenvalue weighted by atomic mass is 16.5. The lowest BCUT2D eigenvalue weighted by molar-refractivity contribution is 0.414. The highest BCUT2D eigenvalue weighted by Crippen LogP contribution is 2.17. The van der Waals surface area contributed by atoms with Crippen LogP contribution in [0.3, 0.4) is 0 Å². The number of ether oxygens (including phenoxy) is 1. The summed E-state index contributed by atoms with van der Waals surface area (Å²) in [4.78, 5) is 0. The maximum Gasteiger partial charge on any atom is 0.118 e. The average Bonchev–Trinajstić information content (AvgIpc) is 2.29. The van der Waals surface area contributed by atoms with E-state index in [-0.39, 0.29) is 12.1 Å². The predicted molar refractivity (Wildman–Crippen MR) is 59.6 cm³/mol. The Morgan fingerprint density at radius 3 is 2.33 bits per heavy atom. The second kappa shape index (κ2) is 5.38. The smallest absolute Gasteiger partial charge is 0.118 e. The lowest BCUT2D eigenvalue weighted by Crippen LogP contribution is -2.27. The minimum Gasteiger partial charge on any atom is -0.497 e. The average molecular weight is 204 g/mol. The van der Waals surface area contributed by atoms with Crippen molar-refractivity contribution in [3.63, 3.8) is 0 Å². The summed E-state index contributed by atoms with van der Waals surface area (Å²) in [6.07, 6.45) is 0. The van der Waals surface area contributed by atoms with E-state index in [2.05, 4.69) is 11.4 Å². The summed E-state index contributed by atoms with van der Waals surface area (Å²) in [5.41, 5.74) is 1.15. The molecule has 0 amide bonds. The van der Waals surface area contributed by atoms with Crippen LogP contribution < -0.4 is 10.1 Å². The molecule has 80 valence electrons. The lowest BCUT2D eigenvalue weighted by Gasteiger charge is -2.15. The molecule has 0 saturated heterocycles. The first-order valence-corrected chi connectivity index (χ1v) is 4.97. The van der Waals surface area contributed by atoms with Crippen molar-refractivity contribution in [1.29, 1.82) is 5.26 Å². The van der Waals surface area contributed by atoms with Gasteiger partial charge in [0.15, 0.2) is 0 Å². The Bertz CT molecular complexity index is 340. The molecule has 2 atom stereocenters. The lowest BCUT2D eigenvalue weighted by atomic mass is 10.1. The van der Waals surface area contributed by atoms with Gasteiger partial charge in [-0.3, -0.25) is 5.32 Å². The molecular weight excluding hydrogens is 188 g/mol. The molecule has 0 bridgehead atoms. The van der Waals surface area contributed by atoms with E-state index in [1.807, 2.05) is 38.1 Å². The maximum absolute atomic E-state index is 8.68. The molecule has 0 aliphatic heterocycles. The van der Waals surface area contributed by atoms with Crippen molar-refractivity contribution in [3.05, 3.63) is 29.8 Å². The van der Waals surface area contributed by atoms with Gasteiger partial charge in [0.05, 0.1) is 19.2 Å². The molecule has 0 fully saturated rings. The molecule has 1 N–H and O–H groups in total. The number of benzene rings is 1. The fraction of sp³-hybridized carbons (Fsp3) is 0.417. The molecule has 0 aromatic heterocycles. The van der Waals surface area contributed by atoms with Crippen LogP contribution >= 0.6 is 0 Å².